The average molecular weight is 587 g/mol. The molecule has 0 radical (unpaired) electrons. The molecule has 42 heavy (non-hydrogen) atoms. The zero-order valence-corrected chi connectivity index (χ0v) is 22.2. The molecule has 7 rings (SSSR count). The molecule has 1 aromatic heterocycles. The molecular formula is C31H24F6N2O3. The van der Waals surface area contributed by atoms with Gasteiger partial charge in [-0.2, -0.15) is 13.2 Å². The highest BCUT2D eigenvalue weighted by molar-refractivity contribution is 6.12. The lowest BCUT2D eigenvalue weighted by atomic mass is 9.50. The van der Waals surface area contributed by atoms with Crippen molar-refractivity contribution in [3.05, 3.63) is 82.7 Å². The van der Waals surface area contributed by atoms with E-state index in [0.717, 1.165) is 43.5 Å². The van der Waals surface area contributed by atoms with Gasteiger partial charge in [0.05, 0.1) is 16.5 Å². The molecule has 3 aromatic carbocycles. The third-order valence-corrected chi connectivity index (χ3v) is 8.16. The first-order valence-electron chi connectivity index (χ1n) is 13.3. The molecule has 0 saturated heterocycles. The Bertz CT molecular complexity index is 1730. The molecule has 4 aromatic rings. The van der Waals surface area contributed by atoms with E-state index in [1.54, 1.807) is 0 Å². The largest absolute Gasteiger partial charge is 0.455 e. The molecule has 3 saturated carbocycles. The van der Waals surface area contributed by atoms with Gasteiger partial charge in [0.15, 0.2) is 0 Å². The van der Waals surface area contributed by atoms with Crippen molar-refractivity contribution in [1.29, 1.82) is 0 Å². The van der Waals surface area contributed by atoms with E-state index in [-0.39, 0.29) is 55.6 Å². The molecule has 3 aliphatic carbocycles. The number of benzene rings is 3. The van der Waals surface area contributed by atoms with Gasteiger partial charge in [-0.15, -0.1) is 0 Å². The molecule has 0 spiro atoms. The SMILES string of the molecule is CNC(=O)c1c(-c2ccc(F)cc2)oc2cc(CCC(F)(F)F)c(-c3ccc(F)c(C(=O)NC45CC(C4)C5)c3)c(F)c12. The molecular weight excluding hydrogens is 562 g/mol. The van der Waals surface area contributed by atoms with Crippen molar-refractivity contribution >= 4 is 22.8 Å². The summed E-state index contributed by atoms with van der Waals surface area (Å²) in [5.41, 5.74) is -1.42. The summed E-state index contributed by atoms with van der Waals surface area (Å²) in [4.78, 5) is 26.0. The number of rotatable bonds is 7. The van der Waals surface area contributed by atoms with E-state index in [1.807, 2.05) is 0 Å². The molecule has 0 atom stereocenters. The highest BCUT2D eigenvalue weighted by atomic mass is 19.4. The quantitative estimate of drug-likeness (QED) is 0.223. The Labute approximate surface area is 235 Å². The topological polar surface area (TPSA) is 71.3 Å². The van der Waals surface area contributed by atoms with Gasteiger partial charge in [0.2, 0.25) is 0 Å². The Morgan fingerprint density at radius 1 is 0.952 bits per heavy atom. The van der Waals surface area contributed by atoms with Gasteiger partial charge in [-0.3, -0.25) is 9.59 Å². The lowest BCUT2D eigenvalue weighted by Crippen LogP contribution is -2.68. The normalized spacial score (nSPS) is 19.3. The van der Waals surface area contributed by atoms with Crippen LogP contribution in [0.25, 0.3) is 33.4 Å². The van der Waals surface area contributed by atoms with Crippen LogP contribution in [0.2, 0.25) is 0 Å². The summed E-state index contributed by atoms with van der Waals surface area (Å²) >= 11 is 0. The number of amides is 2. The highest BCUT2D eigenvalue weighted by Crippen LogP contribution is 2.57. The Kier molecular flexibility index (Phi) is 6.58. The summed E-state index contributed by atoms with van der Waals surface area (Å²) in [6.45, 7) is 0. The number of aryl methyl sites for hydroxylation is 1. The minimum Gasteiger partial charge on any atom is -0.455 e. The number of halogens is 6. The number of carbonyl (C=O) groups is 2. The van der Waals surface area contributed by atoms with Crippen molar-refractivity contribution in [1.82, 2.24) is 10.6 Å². The van der Waals surface area contributed by atoms with E-state index in [1.165, 1.54) is 31.3 Å². The van der Waals surface area contributed by atoms with E-state index in [9.17, 15) is 31.5 Å². The molecule has 3 fully saturated rings. The van der Waals surface area contributed by atoms with Crippen molar-refractivity contribution < 1.29 is 40.3 Å². The molecule has 1 heterocycles. The van der Waals surface area contributed by atoms with Crippen molar-refractivity contribution in [3.8, 4) is 22.5 Å². The number of alkyl halides is 3. The smallest absolute Gasteiger partial charge is 0.389 e. The third-order valence-electron chi connectivity index (χ3n) is 8.16. The number of carbonyl (C=O) groups excluding carboxylic acids is 2. The summed E-state index contributed by atoms with van der Waals surface area (Å²) in [5, 5.41) is 4.93. The predicted molar refractivity (Wildman–Crippen MR) is 142 cm³/mol. The van der Waals surface area contributed by atoms with E-state index < -0.39 is 48.3 Å². The Hall–Kier alpha value is -4.28. The molecule has 2 bridgehead atoms. The van der Waals surface area contributed by atoms with Crippen LogP contribution in [0, 0.1) is 23.4 Å². The average Bonchev–Trinajstić information content (AvgIpc) is 3.28. The van der Waals surface area contributed by atoms with Gasteiger partial charge in [-0.05, 0) is 85.2 Å². The van der Waals surface area contributed by atoms with Crippen LogP contribution in [0.5, 0.6) is 0 Å². The van der Waals surface area contributed by atoms with Crippen molar-refractivity contribution in [2.45, 2.75) is 43.8 Å². The van der Waals surface area contributed by atoms with Gasteiger partial charge in [0, 0.05) is 30.1 Å². The summed E-state index contributed by atoms with van der Waals surface area (Å²) in [6.07, 6.45) is -4.13. The van der Waals surface area contributed by atoms with Crippen LogP contribution in [0.4, 0.5) is 26.3 Å². The minimum atomic E-state index is -4.57. The van der Waals surface area contributed by atoms with Crippen LogP contribution in [0.1, 0.15) is 52.0 Å². The van der Waals surface area contributed by atoms with Crippen LogP contribution < -0.4 is 10.6 Å². The number of fused-ring (bicyclic) bond motifs is 1. The molecule has 2 N–H and O–H groups in total. The van der Waals surface area contributed by atoms with Gasteiger partial charge in [0.25, 0.3) is 11.8 Å². The van der Waals surface area contributed by atoms with Gasteiger partial charge >= 0.3 is 6.18 Å². The second-order valence-electron chi connectivity index (χ2n) is 11.0. The molecule has 218 valence electrons. The fourth-order valence-corrected chi connectivity index (χ4v) is 5.99. The second-order valence-corrected chi connectivity index (χ2v) is 11.0. The fraction of sp³-hybridized carbons (Fsp3) is 0.290. The van der Waals surface area contributed by atoms with Gasteiger partial charge in [-0.1, -0.05) is 6.07 Å². The maximum absolute atomic E-state index is 16.6. The minimum absolute atomic E-state index is 0.0388. The number of hydrogen-bond acceptors (Lipinski definition) is 3. The third kappa shape index (κ3) is 4.80. The molecule has 5 nitrogen and oxygen atoms in total. The predicted octanol–water partition coefficient (Wildman–Crippen LogP) is 7.32. The van der Waals surface area contributed by atoms with Crippen LogP contribution in [-0.2, 0) is 6.42 Å². The molecule has 3 aliphatic rings. The first-order valence-corrected chi connectivity index (χ1v) is 13.3. The van der Waals surface area contributed by atoms with Crippen LogP contribution in [-0.4, -0.2) is 30.6 Å². The molecule has 0 unspecified atom stereocenters. The first kappa shape index (κ1) is 27.9. The van der Waals surface area contributed by atoms with Crippen molar-refractivity contribution in [2.75, 3.05) is 7.05 Å². The standard InChI is InChI=1S/C31H24F6N2O3/c1-38-29(41)25-24-22(42-27(25)16-2-5-19(32)6-3-16)11-18(8-9-31(35,36)37)23(26(24)34)17-4-7-21(33)20(10-17)28(40)39-30-12-15(13-30)14-30/h2-7,10-11,15H,8-9,12-14H2,1H3,(H,38,41)(H,39,40). The van der Waals surface area contributed by atoms with E-state index in [4.69, 9.17) is 4.42 Å². The fourth-order valence-electron chi connectivity index (χ4n) is 5.99. The van der Waals surface area contributed by atoms with Gasteiger partial charge in [0.1, 0.15) is 28.8 Å². The maximum atomic E-state index is 16.6. The summed E-state index contributed by atoms with van der Waals surface area (Å²) in [7, 11) is 1.31. The van der Waals surface area contributed by atoms with Crippen LogP contribution in [0.15, 0.2) is 52.9 Å². The van der Waals surface area contributed by atoms with Crippen LogP contribution in [0.3, 0.4) is 0 Å². The Balaban J connectivity index is 1.54. The molecule has 11 heteroatoms. The summed E-state index contributed by atoms with van der Waals surface area (Å²) < 4.78 is 90.7. The van der Waals surface area contributed by atoms with Crippen molar-refractivity contribution in [2.24, 2.45) is 5.92 Å². The first-order chi connectivity index (χ1) is 19.9. The Morgan fingerprint density at radius 3 is 2.21 bits per heavy atom. The maximum Gasteiger partial charge on any atom is 0.389 e. The van der Waals surface area contributed by atoms with Gasteiger partial charge in [-0.25, -0.2) is 13.2 Å². The Morgan fingerprint density at radius 2 is 1.62 bits per heavy atom. The zero-order valence-electron chi connectivity index (χ0n) is 22.2. The summed E-state index contributed by atoms with van der Waals surface area (Å²) in [5.74, 6) is -3.52. The number of nitrogens with one attached hydrogen (secondary N) is 2. The number of hydrogen-bond donors (Lipinski definition) is 2. The second kappa shape index (κ2) is 9.92. The monoisotopic (exact) mass is 586 g/mol. The van der Waals surface area contributed by atoms with E-state index in [0.29, 0.717) is 5.92 Å². The number of furan rings is 1. The van der Waals surface area contributed by atoms with Gasteiger partial charge < -0.3 is 15.1 Å². The van der Waals surface area contributed by atoms with Crippen LogP contribution >= 0.6 is 0 Å². The zero-order chi connectivity index (χ0) is 30.0. The summed E-state index contributed by atoms with van der Waals surface area (Å²) in [6, 6.07) is 9.33. The molecule has 0 aliphatic heterocycles. The van der Waals surface area contributed by atoms with E-state index >= 15 is 4.39 Å². The molecule has 2 amide bonds. The lowest BCUT2D eigenvalue weighted by molar-refractivity contribution is -0.133. The lowest BCUT2D eigenvalue weighted by Gasteiger charge is -2.61. The van der Waals surface area contributed by atoms with Crippen molar-refractivity contribution in [3.63, 3.8) is 0 Å². The van der Waals surface area contributed by atoms with E-state index in [2.05, 4.69) is 10.6 Å². The highest BCUT2D eigenvalue weighted by Gasteiger charge is 2.57.